The highest BCUT2D eigenvalue weighted by Gasteiger charge is 1.80. The summed E-state index contributed by atoms with van der Waals surface area (Å²) in [5, 5.41) is 0. The molecule has 0 radical (unpaired) electrons. The third-order valence-electron chi connectivity index (χ3n) is 0. The smallest absolute Gasteiger partial charge is 0.0755 e. The van der Waals surface area contributed by atoms with Crippen LogP contribution in [0.15, 0.2) is 0 Å². The Morgan fingerprint density at radius 1 is 1.40 bits per heavy atom. The molecule has 0 bridgehead atoms. The van der Waals surface area contributed by atoms with E-state index < -0.39 is 7.80 Å². The zero-order valence-electron chi connectivity index (χ0n) is 2.86. The second-order valence-electron chi connectivity index (χ2n) is 0.812. The van der Waals surface area contributed by atoms with Gasteiger partial charge in [-0.3, -0.25) is 0 Å². The fraction of sp³-hybridized carbons (Fsp3) is 1.00. The third-order valence-corrected chi connectivity index (χ3v) is 0. The third kappa shape index (κ3) is 718. The topological polar surface area (TPSA) is 17.1 Å². The summed E-state index contributed by atoms with van der Waals surface area (Å²) >= 11 is 0. The van der Waals surface area contributed by atoms with Gasteiger partial charge in [0.15, 0.2) is 0 Å². The van der Waals surface area contributed by atoms with Crippen LogP contribution in [0.1, 0.15) is 0 Å². The van der Waals surface area contributed by atoms with Crippen molar-refractivity contribution in [2.24, 2.45) is 0 Å². The lowest BCUT2D eigenvalue weighted by molar-refractivity contribution is 0.594. The van der Waals surface area contributed by atoms with E-state index in [1.165, 1.54) is 0 Å². The highest BCUT2D eigenvalue weighted by atomic mass is 31.1. The van der Waals surface area contributed by atoms with E-state index in [1.807, 2.05) is 0 Å². The molecule has 0 unspecified atom stereocenters. The molecule has 32 valence electrons. The van der Waals surface area contributed by atoms with Crippen molar-refractivity contribution in [3.05, 3.63) is 0 Å². The average molecular weight is 91.9 g/mol. The molecule has 0 rings (SSSR count). The van der Waals surface area contributed by atoms with Crippen molar-refractivity contribution in [1.29, 1.82) is 0 Å². The van der Waals surface area contributed by atoms with Gasteiger partial charge in [-0.1, -0.05) is 13.0 Å². The molecule has 0 atom stereocenters. The molecule has 0 fully saturated rings. The molecule has 0 saturated heterocycles. The summed E-state index contributed by atoms with van der Waals surface area (Å²) in [5.41, 5.74) is 0. The Kier molecular flexibility index (Phi) is 7.45. The summed E-state index contributed by atoms with van der Waals surface area (Å²) in [6.45, 7) is 3.35. The van der Waals surface area contributed by atoms with Gasteiger partial charge >= 0.3 is 7.80 Å². The molecule has 0 amide bonds. The van der Waals surface area contributed by atoms with Gasteiger partial charge < -0.3 is 0 Å². The normalized spacial score (nSPS) is 5.20. The Bertz CT molecular complexity index is 32.6. The minimum Gasteiger partial charge on any atom is -0.0755 e. The van der Waals surface area contributed by atoms with Gasteiger partial charge in [0, 0.05) is 0 Å². The van der Waals surface area contributed by atoms with Crippen molar-refractivity contribution in [2.75, 3.05) is 13.3 Å². The maximum absolute atomic E-state index is 9.59. The van der Waals surface area contributed by atoms with Crippen LogP contribution in [0.25, 0.3) is 0 Å². The molecule has 3 heteroatoms. The highest BCUT2D eigenvalue weighted by Crippen LogP contribution is 2.00. The van der Waals surface area contributed by atoms with Crippen LogP contribution in [0.3, 0.4) is 0 Å². The summed E-state index contributed by atoms with van der Waals surface area (Å²) in [6.07, 6.45) is 0. The van der Waals surface area contributed by atoms with Gasteiger partial charge in [-0.25, -0.2) is 0 Å². The summed E-state index contributed by atoms with van der Waals surface area (Å²) in [6, 6.07) is 0. The molecular weight excluding hydrogens is 81.8 g/mol. The first-order chi connectivity index (χ1) is 1.73. The lowest BCUT2D eigenvalue weighted by Crippen LogP contribution is -1.33. The molecular formula is C2H10BOP. The molecule has 0 spiro atoms. The SMILES string of the molecule is C[P+](C)=O.[BH4-]. The Balaban J connectivity index is 0. The first-order valence-corrected chi connectivity index (χ1v) is 3.23. The van der Waals surface area contributed by atoms with Crippen molar-refractivity contribution < 1.29 is 4.57 Å². The van der Waals surface area contributed by atoms with Crippen molar-refractivity contribution in [1.82, 2.24) is 0 Å². The van der Waals surface area contributed by atoms with E-state index in [4.69, 9.17) is 0 Å². The van der Waals surface area contributed by atoms with Crippen molar-refractivity contribution >= 4 is 16.2 Å². The minimum atomic E-state index is -0.870. The summed E-state index contributed by atoms with van der Waals surface area (Å²) < 4.78 is 9.59. The average Bonchev–Trinajstić information content (AvgIpc) is 0.811. The zero-order chi connectivity index (χ0) is 3.58. The lowest BCUT2D eigenvalue weighted by Gasteiger charge is -1.37. The molecule has 5 heavy (non-hydrogen) atoms. The predicted octanol–water partition coefficient (Wildman–Crippen LogP) is -0.378. The Morgan fingerprint density at radius 3 is 1.40 bits per heavy atom. The fourth-order valence-electron chi connectivity index (χ4n) is 0. The molecule has 0 aliphatic carbocycles. The number of hydrogen-bond acceptors (Lipinski definition) is 1. The van der Waals surface area contributed by atoms with Crippen molar-refractivity contribution in [2.45, 2.75) is 0 Å². The molecule has 0 aliphatic rings. The Hall–Kier alpha value is 0.165. The van der Waals surface area contributed by atoms with Gasteiger partial charge in [-0.05, 0) is 0 Å². The monoisotopic (exact) mass is 92.1 g/mol. The molecule has 1 nitrogen and oxygen atoms in total. The van der Waals surface area contributed by atoms with Crippen LogP contribution in [0.5, 0.6) is 0 Å². The van der Waals surface area contributed by atoms with Crippen LogP contribution in [0.2, 0.25) is 0 Å². The van der Waals surface area contributed by atoms with Crippen LogP contribution in [-0.2, 0) is 4.57 Å². The van der Waals surface area contributed by atoms with Gasteiger partial charge in [0.2, 0.25) is 0 Å². The maximum Gasteiger partial charge on any atom is 0.332 e. The van der Waals surface area contributed by atoms with E-state index in [2.05, 4.69) is 0 Å². The second kappa shape index (κ2) is 4.16. The molecule has 0 aliphatic heterocycles. The first-order valence-electron chi connectivity index (χ1n) is 1.08. The van der Waals surface area contributed by atoms with Crippen LogP contribution in [-0.4, -0.2) is 21.7 Å². The van der Waals surface area contributed by atoms with Crippen molar-refractivity contribution in [3.63, 3.8) is 0 Å². The summed E-state index contributed by atoms with van der Waals surface area (Å²) in [7, 11) is -0.870. The standard InChI is InChI=1S/C2H6OP.BH4/c1-4(2)3;/h1-2H3;1H4/q+1;-1. The van der Waals surface area contributed by atoms with E-state index in [0.29, 0.717) is 0 Å². The van der Waals surface area contributed by atoms with Gasteiger partial charge in [0.25, 0.3) is 0 Å². The Morgan fingerprint density at radius 2 is 1.40 bits per heavy atom. The van der Waals surface area contributed by atoms with Gasteiger partial charge in [-0.15, -0.1) is 0 Å². The van der Waals surface area contributed by atoms with Crippen molar-refractivity contribution in [3.8, 4) is 0 Å². The molecule has 0 N–H and O–H groups in total. The Labute approximate surface area is 35.1 Å². The molecule has 0 saturated carbocycles. The maximum atomic E-state index is 9.59. The van der Waals surface area contributed by atoms with Crippen LogP contribution in [0, 0.1) is 0 Å². The number of rotatable bonds is 0. The minimum absolute atomic E-state index is 0. The zero-order valence-corrected chi connectivity index (χ0v) is 3.75. The van der Waals surface area contributed by atoms with E-state index in [0.717, 1.165) is 0 Å². The fourth-order valence-corrected chi connectivity index (χ4v) is 0. The quantitative estimate of drug-likeness (QED) is 0.294. The predicted molar refractivity (Wildman–Crippen MR) is 30.8 cm³/mol. The van der Waals surface area contributed by atoms with Gasteiger partial charge in [0.1, 0.15) is 13.3 Å². The largest absolute Gasteiger partial charge is 0.332 e. The summed E-state index contributed by atoms with van der Waals surface area (Å²) in [5.74, 6) is 0. The van der Waals surface area contributed by atoms with E-state index in [9.17, 15) is 4.57 Å². The molecule has 0 aromatic heterocycles. The summed E-state index contributed by atoms with van der Waals surface area (Å²) in [4.78, 5) is 0. The molecule has 0 aromatic rings. The van der Waals surface area contributed by atoms with E-state index in [1.54, 1.807) is 13.3 Å². The molecule has 0 aromatic carbocycles. The highest BCUT2D eigenvalue weighted by molar-refractivity contribution is 7.42. The van der Waals surface area contributed by atoms with E-state index in [-0.39, 0.29) is 8.41 Å². The van der Waals surface area contributed by atoms with Gasteiger partial charge in [-0.2, -0.15) is 0 Å². The molecule has 0 heterocycles. The van der Waals surface area contributed by atoms with E-state index >= 15 is 0 Å². The number of hydrogen-bond donors (Lipinski definition) is 0. The lowest BCUT2D eigenvalue weighted by atomic mass is 10.8. The van der Waals surface area contributed by atoms with Crippen LogP contribution in [0.4, 0.5) is 0 Å². The van der Waals surface area contributed by atoms with Gasteiger partial charge in [0.05, 0.1) is 0 Å². The van der Waals surface area contributed by atoms with Crippen LogP contribution >= 0.6 is 7.80 Å². The second-order valence-corrected chi connectivity index (χ2v) is 2.44. The first kappa shape index (κ1) is 8.94. The van der Waals surface area contributed by atoms with Crippen LogP contribution < -0.4 is 0 Å².